The zero-order chi connectivity index (χ0) is 12.5. The Morgan fingerprint density at radius 3 is 2.94 bits per heavy atom. The maximum absolute atomic E-state index is 13.1. The maximum atomic E-state index is 13.1. The van der Waals surface area contributed by atoms with E-state index >= 15 is 0 Å². The van der Waals surface area contributed by atoms with E-state index in [9.17, 15) is 4.39 Å². The molecule has 0 atom stereocenters. The first kappa shape index (κ1) is 10.6. The monoisotopic (exact) mass is 242 g/mol. The van der Waals surface area contributed by atoms with E-state index in [1.807, 2.05) is 12.1 Å². The number of rotatable bonds is 2. The molecule has 3 rings (SSSR count). The summed E-state index contributed by atoms with van der Waals surface area (Å²) < 4.78 is 13.1. The van der Waals surface area contributed by atoms with E-state index in [1.165, 1.54) is 12.1 Å². The summed E-state index contributed by atoms with van der Waals surface area (Å²) in [4.78, 5) is 0. The number of hydrogen-bond acceptors (Lipinski definition) is 3. The first-order valence-corrected chi connectivity index (χ1v) is 5.47. The largest absolute Gasteiger partial charge is 0.397 e. The molecule has 18 heavy (non-hydrogen) atoms. The summed E-state index contributed by atoms with van der Waals surface area (Å²) in [5, 5.41) is 10.8. The van der Waals surface area contributed by atoms with Crippen molar-refractivity contribution in [3.8, 4) is 0 Å². The molecule has 0 amide bonds. The molecule has 0 spiro atoms. The van der Waals surface area contributed by atoms with Crippen LogP contribution in [0.5, 0.6) is 0 Å². The third-order valence-electron chi connectivity index (χ3n) is 2.71. The molecule has 0 aliphatic rings. The normalized spacial score (nSPS) is 10.7. The molecule has 0 radical (unpaired) electrons. The highest BCUT2D eigenvalue weighted by molar-refractivity contribution is 5.89. The number of benzene rings is 2. The van der Waals surface area contributed by atoms with Gasteiger partial charge in [-0.25, -0.2) is 4.39 Å². The van der Waals surface area contributed by atoms with Gasteiger partial charge >= 0.3 is 0 Å². The fourth-order valence-electron chi connectivity index (χ4n) is 1.84. The molecular formula is C13H11FN4. The number of nitrogen functional groups attached to an aromatic ring is 1. The summed E-state index contributed by atoms with van der Waals surface area (Å²) in [6, 6.07) is 9.90. The molecule has 0 unspecified atom stereocenters. The Labute approximate surface area is 103 Å². The van der Waals surface area contributed by atoms with Gasteiger partial charge in [-0.2, -0.15) is 5.10 Å². The van der Waals surface area contributed by atoms with Crippen LogP contribution in [0.25, 0.3) is 10.9 Å². The van der Waals surface area contributed by atoms with E-state index < -0.39 is 0 Å². The second-order valence-electron chi connectivity index (χ2n) is 4.03. The number of fused-ring (bicyclic) bond motifs is 1. The van der Waals surface area contributed by atoms with E-state index in [0.29, 0.717) is 11.4 Å². The number of nitrogens with two attached hydrogens (primary N) is 1. The van der Waals surface area contributed by atoms with Gasteiger partial charge in [-0.05, 0) is 30.3 Å². The summed E-state index contributed by atoms with van der Waals surface area (Å²) in [6.07, 6.45) is 1.71. The minimum atomic E-state index is -0.291. The lowest BCUT2D eigenvalue weighted by atomic mass is 10.2. The summed E-state index contributed by atoms with van der Waals surface area (Å²) in [5.74, 6) is -0.291. The van der Waals surface area contributed by atoms with Gasteiger partial charge in [-0.15, -0.1) is 0 Å². The molecule has 0 aliphatic heterocycles. The van der Waals surface area contributed by atoms with Crippen LogP contribution < -0.4 is 11.1 Å². The molecule has 0 fully saturated rings. The summed E-state index contributed by atoms with van der Waals surface area (Å²) >= 11 is 0. The SMILES string of the molecule is Nc1cc2cn[nH]c2cc1Nc1cccc(F)c1. The van der Waals surface area contributed by atoms with Crippen molar-refractivity contribution in [2.24, 2.45) is 0 Å². The molecule has 0 saturated heterocycles. The van der Waals surface area contributed by atoms with Gasteiger partial charge < -0.3 is 11.1 Å². The molecule has 4 nitrogen and oxygen atoms in total. The standard InChI is InChI=1S/C13H11FN4/c14-9-2-1-3-10(5-9)17-13-6-12-8(4-11(13)15)7-16-18-12/h1-7,17H,15H2,(H,16,18). The molecule has 1 heterocycles. The van der Waals surface area contributed by atoms with Gasteiger partial charge in [-0.3, -0.25) is 5.10 Å². The Morgan fingerprint density at radius 2 is 2.11 bits per heavy atom. The topological polar surface area (TPSA) is 66.7 Å². The van der Waals surface area contributed by atoms with Crippen molar-refractivity contribution in [2.45, 2.75) is 0 Å². The van der Waals surface area contributed by atoms with Crippen molar-refractivity contribution >= 4 is 28.0 Å². The number of nitrogens with one attached hydrogen (secondary N) is 2. The molecule has 1 aromatic heterocycles. The predicted octanol–water partition coefficient (Wildman–Crippen LogP) is 3.03. The minimum Gasteiger partial charge on any atom is -0.397 e. The van der Waals surface area contributed by atoms with Gasteiger partial charge in [0.05, 0.1) is 23.1 Å². The molecule has 0 bridgehead atoms. The van der Waals surface area contributed by atoms with Crippen LogP contribution in [0.3, 0.4) is 0 Å². The number of aromatic amines is 1. The molecule has 90 valence electrons. The zero-order valence-corrected chi connectivity index (χ0v) is 9.44. The number of anilines is 3. The maximum Gasteiger partial charge on any atom is 0.125 e. The van der Waals surface area contributed by atoms with Crippen LogP contribution in [0.2, 0.25) is 0 Å². The van der Waals surface area contributed by atoms with Crippen LogP contribution in [-0.4, -0.2) is 10.2 Å². The van der Waals surface area contributed by atoms with E-state index in [1.54, 1.807) is 18.3 Å². The fraction of sp³-hybridized carbons (Fsp3) is 0. The molecule has 5 heteroatoms. The summed E-state index contributed by atoms with van der Waals surface area (Å²) in [5.41, 5.74) is 8.78. The molecule has 3 aromatic rings. The average Bonchev–Trinajstić information content (AvgIpc) is 2.76. The van der Waals surface area contributed by atoms with Crippen molar-refractivity contribution in [3.63, 3.8) is 0 Å². The van der Waals surface area contributed by atoms with E-state index in [-0.39, 0.29) is 5.82 Å². The molecule has 0 aliphatic carbocycles. The Hall–Kier alpha value is -2.56. The fourth-order valence-corrected chi connectivity index (χ4v) is 1.84. The zero-order valence-electron chi connectivity index (χ0n) is 9.44. The minimum absolute atomic E-state index is 0.291. The van der Waals surface area contributed by atoms with Gasteiger partial charge in [0, 0.05) is 11.1 Å². The van der Waals surface area contributed by atoms with Crippen molar-refractivity contribution in [1.29, 1.82) is 0 Å². The highest BCUT2D eigenvalue weighted by Crippen LogP contribution is 2.27. The average molecular weight is 242 g/mol. The molecule has 2 aromatic carbocycles. The predicted molar refractivity (Wildman–Crippen MR) is 70.2 cm³/mol. The number of H-pyrrole nitrogens is 1. The van der Waals surface area contributed by atoms with Crippen LogP contribution in [-0.2, 0) is 0 Å². The van der Waals surface area contributed by atoms with Gasteiger partial charge in [0.1, 0.15) is 5.82 Å². The first-order chi connectivity index (χ1) is 8.72. The highest BCUT2D eigenvalue weighted by atomic mass is 19.1. The quantitative estimate of drug-likeness (QED) is 0.605. The van der Waals surface area contributed by atoms with E-state index in [0.717, 1.165) is 16.6 Å². The first-order valence-electron chi connectivity index (χ1n) is 5.47. The second kappa shape index (κ2) is 4.03. The Morgan fingerprint density at radius 1 is 1.22 bits per heavy atom. The van der Waals surface area contributed by atoms with Gasteiger partial charge in [0.2, 0.25) is 0 Å². The number of nitrogens with zero attached hydrogens (tertiary/aromatic N) is 1. The van der Waals surface area contributed by atoms with Crippen LogP contribution in [0.1, 0.15) is 0 Å². The van der Waals surface area contributed by atoms with Crippen LogP contribution in [0, 0.1) is 5.82 Å². The van der Waals surface area contributed by atoms with Gasteiger partial charge in [0.25, 0.3) is 0 Å². The van der Waals surface area contributed by atoms with Gasteiger partial charge in [0.15, 0.2) is 0 Å². The molecule has 4 N–H and O–H groups in total. The highest BCUT2D eigenvalue weighted by Gasteiger charge is 2.04. The van der Waals surface area contributed by atoms with Crippen molar-refractivity contribution in [2.75, 3.05) is 11.1 Å². The number of aromatic nitrogens is 2. The second-order valence-corrected chi connectivity index (χ2v) is 4.03. The third kappa shape index (κ3) is 1.86. The number of halogens is 1. The Kier molecular flexibility index (Phi) is 2.37. The number of hydrogen-bond donors (Lipinski definition) is 3. The third-order valence-corrected chi connectivity index (χ3v) is 2.71. The van der Waals surface area contributed by atoms with E-state index in [2.05, 4.69) is 15.5 Å². The van der Waals surface area contributed by atoms with Crippen LogP contribution in [0.4, 0.5) is 21.5 Å². The van der Waals surface area contributed by atoms with Crippen LogP contribution in [0.15, 0.2) is 42.6 Å². The Balaban J connectivity index is 2.01. The van der Waals surface area contributed by atoms with E-state index in [4.69, 9.17) is 5.73 Å². The summed E-state index contributed by atoms with van der Waals surface area (Å²) in [6.45, 7) is 0. The summed E-state index contributed by atoms with van der Waals surface area (Å²) in [7, 11) is 0. The van der Waals surface area contributed by atoms with Gasteiger partial charge in [-0.1, -0.05) is 6.07 Å². The lowest BCUT2D eigenvalue weighted by Gasteiger charge is -2.09. The molecule has 0 saturated carbocycles. The lowest BCUT2D eigenvalue weighted by Crippen LogP contribution is -1.96. The van der Waals surface area contributed by atoms with Crippen molar-refractivity contribution in [3.05, 3.63) is 48.4 Å². The van der Waals surface area contributed by atoms with Crippen LogP contribution >= 0.6 is 0 Å². The molecular weight excluding hydrogens is 231 g/mol. The Bertz CT molecular complexity index is 705. The van der Waals surface area contributed by atoms with Crippen molar-refractivity contribution in [1.82, 2.24) is 10.2 Å². The lowest BCUT2D eigenvalue weighted by molar-refractivity contribution is 0.628. The smallest absolute Gasteiger partial charge is 0.125 e. The van der Waals surface area contributed by atoms with Crippen molar-refractivity contribution < 1.29 is 4.39 Å².